The number of hydrogen-bond acceptors (Lipinski definition) is 4. The van der Waals surface area contributed by atoms with Crippen LogP contribution in [0.15, 0.2) is 46.1 Å². The monoisotopic (exact) mass is 543 g/mol. The van der Waals surface area contributed by atoms with Crippen molar-refractivity contribution in [3.8, 4) is 0 Å². The van der Waals surface area contributed by atoms with E-state index in [0.29, 0.717) is 19.4 Å². The first-order valence-corrected chi connectivity index (χ1v) is 11.1. The van der Waals surface area contributed by atoms with E-state index in [-0.39, 0.29) is 22.8 Å². The van der Waals surface area contributed by atoms with Crippen molar-refractivity contribution >= 4 is 45.0 Å². The van der Waals surface area contributed by atoms with E-state index in [1.807, 2.05) is 0 Å². The van der Waals surface area contributed by atoms with Crippen LogP contribution in [0.3, 0.4) is 0 Å². The van der Waals surface area contributed by atoms with Gasteiger partial charge in [-0.3, -0.25) is 14.6 Å². The molecule has 2 aromatic rings. The molecule has 2 amide bonds. The second kappa shape index (κ2) is 8.66. The predicted molar refractivity (Wildman–Crippen MR) is 119 cm³/mol. The molecule has 1 saturated heterocycles. The van der Waals surface area contributed by atoms with Gasteiger partial charge in [0.2, 0.25) is 0 Å². The van der Waals surface area contributed by atoms with Crippen LogP contribution in [0.4, 0.5) is 18.9 Å². The van der Waals surface area contributed by atoms with Gasteiger partial charge in [0.1, 0.15) is 28.8 Å². The summed E-state index contributed by atoms with van der Waals surface area (Å²) in [5.41, 5.74) is -1.78. The van der Waals surface area contributed by atoms with Crippen LogP contribution in [0.2, 0.25) is 5.02 Å². The van der Waals surface area contributed by atoms with E-state index in [1.54, 1.807) is 11.9 Å². The molecule has 0 bridgehead atoms. The molecular formula is C22H18BrClF3N3O3. The van der Waals surface area contributed by atoms with Gasteiger partial charge in [0.25, 0.3) is 11.8 Å². The van der Waals surface area contributed by atoms with Gasteiger partial charge in [-0.15, -0.1) is 0 Å². The maximum Gasteiger partial charge on any atom is 0.277 e. The Kier molecular flexibility index (Phi) is 6.19. The van der Waals surface area contributed by atoms with Crippen LogP contribution in [0, 0.1) is 17.5 Å². The summed E-state index contributed by atoms with van der Waals surface area (Å²) < 4.78 is 41.9. The summed E-state index contributed by atoms with van der Waals surface area (Å²) in [6.07, 6.45) is 1.04. The average Bonchev–Trinajstić information content (AvgIpc) is 3.15. The maximum atomic E-state index is 14.5. The third kappa shape index (κ3) is 4.00. The summed E-state index contributed by atoms with van der Waals surface area (Å²) in [6, 6.07) is 6.12. The number of rotatable bonds is 4. The molecule has 1 atom stereocenters. The molecule has 174 valence electrons. The predicted octanol–water partition coefficient (Wildman–Crippen LogP) is 5.08. The fraction of sp³-hybridized carbons (Fsp3) is 0.273. The molecule has 0 radical (unpaired) electrons. The summed E-state index contributed by atoms with van der Waals surface area (Å²) in [5, 5.41) is 15.9. The lowest BCUT2D eigenvalue weighted by atomic mass is 9.90. The Morgan fingerprint density at radius 1 is 1.27 bits per heavy atom. The maximum absolute atomic E-state index is 14.5. The molecule has 11 heteroatoms. The lowest BCUT2D eigenvalue weighted by molar-refractivity contribution is -0.160. The number of fused-ring (bicyclic) bond motifs is 1. The molecule has 1 unspecified atom stereocenters. The summed E-state index contributed by atoms with van der Waals surface area (Å²) in [7, 11) is 0. The number of anilines is 1. The number of nitrogens with one attached hydrogen (secondary N) is 1. The third-order valence-electron chi connectivity index (χ3n) is 5.91. The van der Waals surface area contributed by atoms with Crippen molar-refractivity contribution in [3.63, 3.8) is 0 Å². The Hall–Kier alpha value is -2.56. The highest BCUT2D eigenvalue weighted by atomic mass is 79.9. The SMILES string of the molecule is CC12CCCN1N(Cc1cccc(Cl)c1F)C(=O)C(C(=O)Nc1cc(F)c(Br)c(F)c1)=C2O. The number of carbonyl (C=O) groups excluding carboxylic acids is 2. The number of halogens is 5. The highest BCUT2D eigenvalue weighted by Crippen LogP contribution is 2.42. The molecule has 2 aliphatic heterocycles. The molecular weight excluding hydrogens is 527 g/mol. The van der Waals surface area contributed by atoms with Gasteiger partial charge in [0.15, 0.2) is 0 Å². The zero-order valence-electron chi connectivity index (χ0n) is 17.3. The number of aliphatic hydroxyl groups is 1. The zero-order valence-corrected chi connectivity index (χ0v) is 19.6. The highest BCUT2D eigenvalue weighted by molar-refractivity contribution is 9.10. The van der Waals surface area contributed by atoms with Crippen LogP contribution in [0.5, 0.6) is 0 Å². The number of amides is 2. The Morgan fingerprint density at radius 2 is 1.94 bits per heavy atom. The first-order valence-electron chi connectivity index (χ1n) is 9.96. The molecule has 2 heterocycles. The zero-order chi connectivity index (χ0) is 24.1. The summed E-state index contributed by atoms with van der Waals surface area (Å²) >= 11 is 8.61. The molecule has 4 rings (SSSR count). The van der Waals surface area contributed by atoms with Crippen LogP contribution in [-0.2, 0) is 16.1 Å². The van der Waals surface area contributed by atoms with Gasteiger partial charge >= 0.3 is 0 Å². The van der Waals surface area contributed by atoms with Crippen molar-refractivity contribution in [3.05, 3.63) is 74.2 Å². The normalized spacial score (nSPS) is 20.9. The minimum absolute atomic E-state index is 0.114. The molecule has 6 nitrogen and oxygen atoms in total. The molecule has 2 aromatic carbocycles. The van der Waals surface area contributed by atoms with E-state index in [1.165, 1.54) is 23.2 Å². The minimum Gasteiger partial charge on any atom is -0.509 e. The number of carbonyl (C=O) groups is 2. The lowest BCUT2D eigenvalue weighted by Gasteiger charge is -2.46. The Labute approximate surface area is 200 Å². The highest BCUT2D eigenvalue weighted by Gasteiger charge is 2.52. The van der Waals surface area contributed by atoms with E-state index in [4.69, 9.17) is 11.6 Å². The molecule has 33 heavy (non-hydrogen) atoms. The standard InChI is InChI=1S/C22H18BrClF3N3O3/c1-22-6-3-7-30(22)29(10-11-4-2-5-13(24)18(11)27)21(33)16(19(22)31)20(32)28-12-8-14(25)17(23)15(26)9-12/h2,4-5,8-9,31H,3,6-7,10H2,1H3,(H,28,32). The van der Waals surface area contributed by atoms with Crippen LogP contribution in [0.1, 0.15) is 25.3 Å². The summed E-state index contributed by atoms with van der Waals surface area (Å²) in [5.74, 6) is -4.97. The van der Waals surface area contributed by atoms with Gasteiger partial charge in [0, 0.05) is 17.8 Å². The molecule has 2 aliphatic rings. The number of aliphatic hydroxyl groups excluding tert-OH is 1. The van der Waals surface area contributed by atoms with E-state index >= 15 is 0 Å². The van der Waals surface area contributed by atoms with Crippen LogP contribution in [0.25, 0.3) is 0 Å². The molecule has 2 N–H and O–H groups in total. The largest absolute Gasteiger partial charge is 0.509 e. The topological polar surface area (TPSA) is 72.9 Å². The van der Waals surface area contributed by atoms with Crippen LogP contribution in [-0.4, -0.2) is 39.0 Å². The Morgan fingerprint density at radius 3 is 2.61 bits per heavy atom. The number of nitrogens with zero attached hydrogens (tertiary/aromatic N) is 2. The average molecular weight is 545 g/mol. The summed E-state index contributed by atoms with van der Waals surface area (Å²) in [6.45, 7) is 1.83. The number of benzene rings is 2. The van der Waals surface area contributed by atoms with E-state index in [2.05, 4.69) is 21.2 Å². The Balaban J connectivity index is 1.72. The van der Waals surface area contributed by atoms with Gasteiger partial charge in [-0.1, -0.05) is 23.7 Å². The van der Waals surface area contributed by atoms with Gasteiger partial charge in [-0.25, -0.2) is 18.2 Å². The molecule has 0 saturated carbocycles. The second-order valence-electron chi connectivity index (χ2n) is 8.01. The fourth-order valence-corrected chi connectivity index (χ4v) is 4.62. The Bertz CT molecular complexity index is 1190. The smallest absolute Gasteiger partial charge is 0.277 e. The molecule has 1 fully saturated rings. The van der Waals surface area contributed by atoms with Gasteiger partial charge in [-0.05, 0) is 53.9 Å². The molecule has 0 aromatic heterocycles. The number of hydrogen-bond donors (Lipinski definition) is 2. The van der Waals surface area contributed by atoms with E-state index in [0.717, 1.165) is 12.1 Å². The van der Waals surface area contributed by atoms with Gasteiger partial charge < -0.3 is 10.4 Å². The van der Waals surface area contributed by atoms with Crippen LogP contribution < -0.4 is 5.32 Å². The van der Waals surface area contributed by atoms with Gasteiger partial charge in [-0.2, -0.15) is 0 Å². The van der Waals surface area contributed by atoms with Crippen molar-refractivity contribution in [2.75, 3.05) is 11.9 Å². The first-order chi connectivity index (χ1) is 15.5. The molecule has 0 spiro atoms. The lowest BCUT2D eigenvalue weighted by Crippen LogP contribution is -2.60. The van der Waals surface area contributed by atoms with E-state index in [9.17, 15) is 27.9 Å². The second-order valence-corrected chi connectivity index (χ2v) is 9.21. The fourth-order valence-electron chi connectivity index (χ4n) is 4.20. The van der Waals surface area contributed by atoms with Crippen molar-refractivity contribution in [2.24, 2.45) is 0 Å². The first kappa shape index (κ1) is 23.6. The van der Waals surface area contributed by atoms with Crippen molar-refractivity contribution < 1.29 is 27.9 Å². The van der Waals surface area contributed by atoms with Crippen LogP contribution >= 0.6 is 27.5 Å². The quantitative estimate of drug-likeness (QED) is 0.416. The summed E-state index contributed by atoms with van der Waals surface area (Å²) in [4.78, 5) is 26.3. The van der Waals surface area contributed by atoms with Gasteiger partial charge in [0.05, 0.1) is 21.6 Å². The molecule has 0 aliphatic carbocycles. The third-order valence-corrected chi connectivity index (χ3v) is 6.96. The van der Waals surface area contributed by atoms with Crippen molar-refractivity contribution in [1.29, 1.82) is 0 Å². The van der Waals surface area contributed by atoms with Crippen molar-refractivity contribution in [2.45, 2.75) is 31.8 Å². The minimum atomic E-state index is -1.09. The van der Waals surface area contributed by atoms with E-state index < -0.39 is 50.6 Å². The van der Waals surface area contributed by atoms with Crippen molar-refractivity contribution in [1.82, 2.24) is 10.0 Å². The number of hydrazine groups is 1.